The number of esters is 4. The summed E-state index contributed by atoms with van der Waals surface area (Å²) in [5, 5.41) is 16.5. The molecule has 15 heteroatoms. The van der Waals surface area contributed by atoms with Crippen molar-refractivity contribution < 1.29 is 47.8 Å². The summed E-state index contributed by atoms with van der Waals surface area (Å²) in [6.45, 7) is 4.02. The molecule has 0 aliphatic carbocycles. The van der Waals surface area contributed by atoms with Crippen LogP contribution >= 0.6 is 12.2 Å². The molecule has 0 spiro atoms. The van der Waals surface area contributed by atoms with Crippen LogP contribution in [0, 0.1) is 10.1 Å². The molecule has 0 bridgehead atoms. The van der Waals surface area contributed by atoms with Crippen LogP contribution < -0.4 is 10.6 Å². The molecule has 0 unspecified atom stereocenters. The number of anilines is 1. The van der Waals surface area contributed by atoms with Gasteiger partial charge in [-0.25, -0.2) is 0 Å². The number of nitrogens with zero attached hydrogens (tertiary/aromatic N) is 1. The Kier molecular flexibility index (Phi) is 10.0. The number of ether oxygens (including phenoxy) is 5. The Hall–Kier alpha value is -3.85. The zero-order valence-electron chi connectivity index (χ0n) is 19.7. The van der Waals surface area contributed by atoms with E-state index >= 15 is 0 Å². The summed E-state index contributed by atoms with van der Waals surface area (Å²) in [5.74, 6) is -3.01. The fourth-order valence-electron chi connectivity index (χ4n) is 3.37. The molecule has 2 N–H and O–H groups in total. The van der Waals surface area contributed by atoms with E-state index < -0.39 is 66.1 Å². The van der Waals surface area contributed by atoms with Crippen LogP contribution in [0.5, 0.6) is 0 Å². The second kappa shape index (κ2) is 12.7. The lowest BCUT2D eigenvalue weighted by atomic mass is 9.97. The maximum atomic E-state index is 11.9. The van der Waals surface area contributed by atoms with Gasteiger partial charge in [-0.05, 0) is 18.3 Å². The summed E-state index contributed by atoms with van der Waals surface area (Å²) in [6.07, 6.45) is -6.62. The number of nitrogens with one attached hydrogen (secondary N) is 2. The number of hydrogen-bond acceptors (Lipinski definition) is 12. The zero-order chi connectivity index (χ0) is 27.0. The average molecular weight is 528 g/mol. The van der Waals surface area contributed by atoms with E-state index in [2.05, 4.69) is 10.6 Å². The molecule has 1 fully saturated rings. The molecule has 5 atom stereocenters. The Balaban J connectivity index is 2.40. The van der Waals surface area contributed by atoms with Crippen molar-refractivity contribution >= 4 is 52.6 Å². The van der Waals surface area contributed by atoms with Gasteiger partial charge in [0.2, 0.25) is 0 Å². The van der Waals surface area contributed by atoms with Crippen molar-refractivity contribution in [1.29, 1.82) is 0 Å². The molecule has 0 radical (unpaired) electrons. The van der Waals surface area contributed by atoms with Gasteiger partial charge in [-0.15, -0.1) is 0 Å². The third kappa shape index (κ3) is 8.13. The fraction of sp³-hybridized carbons (Fsp3) is 0.476. The number of thiocarbonyl (C=S) groups is 1. The van der Waals surface area contributed by atoms with Gasteiger partial charge in [0, 0.05) is 33.8 Å². The van der Waals surface area contributed by atoms with Gasteiger partial charge in [0.15, 0.2) is 29.7 Å². The average Bonchev–Trinajstić information content (AvgIpc) is 2.75. The highest BCUT2D eigenvalue weighted by Gasteiger charge is 2.52. The van der Waals surface area contributed by atoms with Crippen LogP contribution in [-0.2, 0) is 42.9 Å². The molecule has 36 heavy (non-hydrogen) atoms. The van der Waals surface area contributed by atoms with Crippen LogP contribution in [0.2, 0.25) is 0 Å². The van der Waals surface area contributed by atoms with Gasteiger partial charge in [-0.3, -0.25) is 29.3 Å². The van der Waals surface area contributed by atoms with Crippen LogP contribution in [0.3, 0.4) is 0 Å². The quantitative estimate of drug-likeness (QED) is 0.160. The van der Waals surface area contributed by atoms with Crippen LogP contribution in [0.4, 0.5) is 11.4 Å². The number of carbonyl (C=O) groups is 4. The summed E-state index contributed by atoms with van der Waals surface area (Å²) >= 11 is 5.26. The van der Waals surface area contributed by atoms with E-state index in [4.69, 9.17) is 35.9 Å². The molecule has 1 aliphatic heterocycles. The zero-order valence-corrected chi connectivity index (χ0v) is 20.6. The summed E-state index contributed by atoms with van der Waals surface area (Å²) in [4.78, 5) is 57.6. The van der Waals surface area contributed by atoms with Crippen molar-refractivity contribution in [2.75, 3.05) is 11.9 Å². The Labute approximate surface area is 210 Å². The van der Waals surface area contributed by atoms with Gasteiger partial charge < -0.3 is 34.3 Å². The van der Waals surface area contributed by atoms with E-state index in [0.717, 1.165) is 27.7 Å². The number of para-hydroxylation sites is 2. The van der Waals surface area contributed by atoms with Crippen molar-refractivity contribution in [2.24, 2.45) is 0 Å². The van der Waals surface area contributed by atoms with Crippen molar-refractivity contribution in [3.63, 3.8) is 0 Å². The first-order valence-electron chi connectivity index (χ1n) is 10.5. The monoisotopic (exact) mass is 527 g/mol. The van der Waals surface area contributed by atoms with Crippen LogP contribution in [0.25, 0.3) is 0 Å². The largest absolute Gasteiger partial charge is 0.463 e. The molecule has 0 saturated carbocycles. The molecule has 1 saturated heterocycles. The van der Waals surface area contributed by atoms with Gasteiger partial charge in [-0.2, -0.15) is 0 Å². The molecule has 196 valence electrons. The smallest absolute Gasteiger partial charge is 0.303 e. The van der Waals surface area contributed by atoms with Gasteiger partial charge >= 0.3 is 23.9 Å². The third-order valence-corrected chi connectivity index (χ3v) is 4.83. The highest BCUT2D eigenvalue weighted by atomic mass is 32.1. The summed E-state index contributed by atoms with van der Waals surface area (Å²) in [7, 11) is 0. The molecule has 1 aliphatic rings. The van der Waals surface area contributed by atoms with E-state index in [1.165, 1.54) is 18.2 Å². The van der Waals surface area contributed by atoms with E-state index in [0.29, 0.717) is 0 Å². The third-order valence-electron chi connectivity index (χ3n) is 4.61. The predicted molar refractivity (Wildman–Crippen MR) is 124 cm³/mol. The number of hydrogen-bond donors (Lipinski definition) is 2. The SMILES string of the molecule is CC(=O)OC[C@@H]1O[C@@H](NC(=S)Nc2ccccc2[N+](=O)[O-])[C@@H](OC(C)=O)[C@@H](OC(C)=O)[C@H]1OC(C)=O. The predicted octanol–water partition coefficient (Wildman–Crippen LogP) is 0.964. The van der Waals surface area contributed by atoms with Crippen molar-refractivity contribution in [1.82, 2.24) is 5.32 Å². The highest BCUT2D eigenvalue weighted by molar-refractivity contribution is 7.80. The van der Waals surface area contributed by atoms with Gasteiger partial charge in [0.25, 0.3) is 5.69 Å². The Morgan fingerprint density at radius 3 is 2.06 bits per heavy atom. The van der Waals surface area contributed by atoms with E-state index in [-0.39, 0.29) is 16.5 Å². The Bertz CT molecular complexity index is 1030. The normalized spacial score (nSPS) is 22.9. The molecule has 2 rings (SSSR count). The lowest BCUT2D eigenvalue weighted by Gasteiger charge is -2.44. The number of benzene rings is 1. The van der Waals surface area contributed by atoms with Crippen LogP contribution in [0.1, 0.15) is 27.7 Å². The number of carbonyl (C=O) groups excluding carboxylic acids is 4. The van der Waals surface area contributed by atoms with Crippen LogP contribution in [-0.4, -0.2) is 71.2 Å². The molecule has 1 aromatic rings. The summed E-state index contributed by atoms with van der Waals surface area (Å²) in [6, 6.07) is 5.70. The first kappa shape index (κ1) is 28.4. The molecule has 0 amide bonds. The topological polar surface area (TPSA) is 182 Å². The number of rotatable bonds is 8. The minimum atomic E-state index is -1.39. The van der Waals surface area contributed by atoms with Crippen molar-refractivity contribution in [3.05, 3.63) is 34.4 Å². The van der Waals surface area contributed by atoms with E-state index in [1.54, 1.807) is 6.07 Å². The molecular formula is C21H25N3O11S. The number of nitro groups is 1. The van der Waals surface area contributed by atoms with Gasteiger partial charge in [0.05, 0.1) is 4.92 Å². The summed E-state index contributed by atoms with van der Waals surface area (Å²) < 4.78 is 26.8. The maximum absolute atomic E-state index is 11.9. The minimum absolute atomic E-state index is 0.0608. The van der Waals surface area contributed by atoms with E-state index in [1.807, 2.05) is 0 Å². The Morgan fingerprint density at radius 1 is 0.944 bits per heavy atom. The van der Waals surface area contributed by atoms with Crippen molar-refractivity contribution in [3.8, 4) is 0 Å². The highest BCUT2D eigenvalue weighted by Crippen LogP contribution is 2.29. The second-order valence-corrected chi connectivity index (χ2v) is 7.90. The molecule has 14 nitrogen and oxygen atoms in total. The minimum Gasteiger partial charge on any atom is -0.463 e. The first-order valence-corrected chi connectivity index (χ1v) is 10.9. The molecular weight excluding hydrogens is 502 g/mol. The first-order chi connectivity index (χ1) is 16.9. The number of nitro benzene ring substituents is 1. The Morgan fingerprint density at radius 2 is 1.50 bits per heavy atom. The van der Waals surface area contributed by atoms with Gasteiger partial charge in [-0.1, -0.05) is 12.1 Å². The maximum Gasteiger partial charge on any atom is 0.303 e. The van der Waals surface area contributed by atoms with E-state index in [9.17, 15) is 29.3 Å². The second-order valence-electron chi connectivity index (χ2n) is 7.49. The molecule has 1 aromatic carbocycles. The van der Waals surface area contributed by atoms with Crippen LogP contribution in [0.15, 0.2) is 24.3 Å². The van der Waals surface area contributed by atoms with Crippen molar-refractivity contribution in [2.45, 2.75) is 58.3 Å². The fourth-order valence-corrected chi connectivity index (χ4v) is 3.60. The lowest BCUT2D eigenvalue weighted by molar-refractivity contribution is -0.383. The molecule has 0 aromatic heterocycles. The molecule has 1 heterocycles. The summed E-state index contributed by atoms with van der Waals surface area (Å²) in [5.41, 5.74) is -0.200. The standard InChI is InChI=1S/C21H25N3O11S/c1-10(25)31-9-16-17(32-11(2)26)18(33-12(3)27)19(34-13(4)28)20(35-16)23-21(36)22-14-7-5-6-8-15(14)24(29)30/h5-8,16-20H,9H2,1-4H3,(H2,22,23,36)/t16-,17-,18-,19-,20+/m0/s1. The van der Waals surface area contributed by atoms with Gasteiger partial charge in [0.1, 0.15) is 18.4 Å². The lowest BCUT2D eigenvalue weighted by Crippen LogP contribution is -2.66.